The van der Waals surface area contributed by atoms with Crippen LogP contribution in [0.1, 0.15) is 17.5 Å². The van der Waals surface area contributed by atoms with E-state index < -0.39 is 0 Å². The van der Waals surface area contributed by atoms with Gasteiger partial charge in [-0.15, -0.1) is 0 Å². The van der Waals surface area contributed by atoms with Crippen LogP contribution in [0.25, 0.3) is 11.1 Å². The van der Waals surface area contributed by atoms with Crippen molar-refractivity contribution in [2.24, 2.45) is 0 Å². The second kappa shape index (κ2) is 4.81. The third-order valence-corrected chi connectivity index (χ3v) is 4.79. The lowest BCUT2D eigenvalue weighted by molar-refractivity contribution is 0.412. The van der Waals surface area contributed by atoms with E-state index in [0.29, 0.717) is 0 Å². The van der Waals surface area contributed by atoms with Gasteiger partial charge in [-0.1, -0.05) is 18.3 Å². The lowest BCUT2D eigenvalue weighted by atomic mass is 9.93. The van der Waals surface area contributed by atoms with Crippen LogP contribution < -0.4 is 9.64 Å². The third kappa shape index (κ3) is 1.86. The number of rotatable bonds is 2. The largest absolute Gasteiger partial charge is 0.496 e. The molecule has 0 fully saturated rings. The fraction of sp³-hybridized carbons (Fsp3) is 0.294. The lowest BCUT2D eigenvalue weighted by Crippen LogP contribution is -2.31. The first kappa shape index (κ1) is 12.8. The molecule has 0 bridgehead atoms. The fourth-order valence-corrected chi connectivity index (χ4v) is 3.75. The van der Waals surface area contributed by atoms with E-state index >= 15 is 0 Å². The smallest absolute Gasteiger partial charge is 0.132 e. The highest BCUT2D eigenvalue weighted by Gasteiger charge is 2.32. The van der Waals surface area contributed by atoms with Crippen molar-refractivity contribution in [3.05, 3.63) is 41.7 Å². The average Bonchev–Trinajstić information content (AvgIpc) is 2.98. The van der Waals surface area contributed by atoms with Crippen LogP contribution in [-0.4, -0.2) is 23.6 Å². The number of nitrogens with zero attached hydrogens (tertiary/aromatic N) is 2. The van der Waals surface area contributed by atoms with Gasteiger partial charge in [-0.25, -0.2) is 0 Å². The minimum Gasteiger partial charge on any atom is -0.496 e. The highest BCUT2D eigenvalue weighted by atomic mass is 32.1. The van der Waals surface area contributed by atoms with E-state index in [2.05, 4.69) is 22.0 Å². The maximum absolute atomic E-state index is 5.75. The van der Waals surface area contributed by atoms with Gasteiger partial charge in [-0.2, -0.15) is 0 Å². The standard InChI is InChI=1S/C17H16N2OS/c1-20-17-13-6-8-19-15(21)5-4-11(16(13)19)9-14(17)12-3-2-7-18-10-12/h2-3,7,9-10H,4-6,8H2,1H3. The van der Waals surface area contributed by atoms with Gasteiger partial charge in [0.15, 0.2) is 0 Å². The first-order chi connectivity index (χ1) is 10.3. The molecule has 3 heterocycles. The summed E-state index contributed by atoms with van der Waals surface area (Å²) in [5.41, 5.74) is 6.25. The van der Waals surface area contributed by atoms with Crippen molar-refractivity contribution in [2.75, 3.05) is 18.6 Å². The molecule has 2 aliphatic heterocycles. The molecule has 0 unspecified atom stereocenters. The maximum atomic E-state index is 5.75. The van der Waals surface area contributed by atoms with Crippen molar-refractivity contribution < 1.29 is 4.74 Å². The zero-order valence-corrected chi connectivity index (χ0v) is 12.7. The number of aromatic nitrogens is 1. The molecule has 1 aromatic carbocycles. The molecule has 21 heavy (non-hydrogen) atoms. The molecule has 0 spiro atoms. The summed E-state index contributed by atoms with van der Waals surface area (Å²) >= 11 is 5.52. The molecule has 0 aliphatic carbocycles. The predicted molar refractivity (Wildman–Crippen MR) is 88.2 cm³/mol. The summed E-state index contributed by atoms with van der Waals surface area (Å²) in [5, 5.41) is 0. The number of ether oxygens (including phenoxy) is 1. The number of hydrogen-bond acceptors (Lipinski definition) is 3. The van der Waals surface area contributed by atoms with Crippen molar-refractivity contribution in [1.82, 2.24) is 4.98 Å². The number of benzene rings is 1. The van der Waals surface area contributed by atoms with Crippen molar-refractivity contribution in [3.63, 3.8) is 0 Å². The van der Waals surface area contributed by atoms with Crippen LogP contribution in [0.2, 0.25) is 0 Å². The SMILES string of the molecule is COc1c(-c2cccnc2)cc2c3c1CCN3C(=S)CC2. The molecule has 0 amide bonds. The van der Waals surface area contributed by atoms with Crippen LogP contribution in [0.5, 0.6) is 5.75 Å². The molecule has 1 aromatic heterocycles. The van der Waals surface area contributed by atoms with Crippen molar-refractivity contribution in [3.8, 4) is 16.9 Å². The van der Waals surface area contributed by atoms with Crippen LogP contribution in [0.4, 0.5) is 5.69 Å². The summed E-state index contributed by atoms with van der Waals surface area (Å²) in [6.07, 6.45) is 6.69. The monoisotopic (exact) mass is 296 g/mol. The minimum absolute atomic E-state index is 0.973. The summed E-state index contributed by atoms with van der Waals surface area (Å²) in [6.45, 7) is 0.980. The summed E-state index contributed by atoms with van der Waals surface area (Å²) < 4.78 is 5.75. The predicted octanol–water partition coefficient (Wildman–Crippen LogP) is 3.39. The Labute approximate surface area is 129 Å². The summed E-state index contributed by atoms with van der Waals surface area (Å²) in [5.74, 6) is 0.981. The molecule has 0 radical (unpaired) electrons. The van der Waals surface area contributed by atoms with E-state index in [-0.39, 0.29) is 0 Å². The molecular weight excluding hydrogens is 280 g/mol. The third-order valence-electron chi connectivity index (χ3n) is 4.37. The molecule has 0 saturated heterocycles. The zero-order chi connectivity index (χ0) is 14.4. The molecule has 4 rings (SSSR count). The zero-order valence-electron chi connectivity index (χ0n) is 11.9. The molecule has 2 aromatic rings. The van der Waals surface area contributed by atoms with Gasteiger partial charge in [0, 0.05) is 42.0 Å². The lowest BCUT2D eigenvalue weighted by Gasteiger charge is -2.29. The Kier molecular flexibility index (Phi) is 2.93. The van der Waals surface area contributed by atoms with E-state index in [0.717, 1.165) is 47.7 Å². The Bertz CT molecular complexity index is 727. The molecule has 0 atom stereocenters. The van der Waals surface area contributed by atoms with Gasteiger partial charge in [-0.3, -0.25) is 4.98 Å². The number of aryl methyl sites for hydroxylation is 1. The molecular formula is C17H16N2OS. The molecule has 106 valence electrons. The second-order valence-corrected chi connectivity index (χ2v) is 5.95. The van der Waals surface area contributed by atoms with E-state index in [4.69, 9.17) is 17.0 Å². The van der Waals surface area contributed by atoms with Crippen molar-refractivity contribution >= 4 is 22.9 Å². The molecule has 4 heteroatoms. The van der Waals surface area contributed by atoms with Gasteiger partial charge >= 0.3 is 0 Å². The van der Waals surface area contributed by atoms with Gasteiger partial charge in [0.05, 0.1) is 17.8 Å². The highest BCUT2D eigenvalue weighted by molar-refractivity contribution is 7.80. The Hall–Kier alpha value is -1.94. The molecule has 0 N–H and O–H groups in total. The van der Waals surface area contributed by atoms with Gasteiger partial charge < -0.3 is 9.64 Å². The van der Waals surface area contributed by atoms with Gasteiger partial charge in [0.2, 0.25) is 0 Å². The van der Waals surface area contributed by atoms with Crippen molar-refractivity contribution in [1.29, 1.82) is 0 Å². The van der Waals surface area contributed by atoms with Gasteiger partial charge in [-0.05, 0) is 30.5 Å². The quantitative estimate of drug-likeness (QED) is 0.793. The molecule has 0 saturated carbocycles. The van der Waals surface area contributed by atoms with E-state index in [9.17, 15) is 0 Å². The first-order valence-corrected chi connectivity index (χ1v) is 7.64. The number of methoxy groups -OCH3 is 1. The second-order valence-electron chi connectivity index (χ2n) is 5.48. The highest BCUT2D eigenvalue weighted by Crippen LogP contribution is 2.46. The van der Waals surface area contributed by atoms with Crippen LogP contribution >= 0.6 is 12.2 Å². The Morgan fingerprint density at radius 1 is 1.29 bits per heavy atom. The Balaban J connectivity index is 1.97. The number of pyridine rings is 1. The Morgan fingerprint density at radius 3 is 2.95 bits per heavy atom. The topological polar surface area (TPSA) is 25.4 Å². The van der Waals surface area contributed by atoms with Crippen LogP contribution in [0, 0.1) is 0 Å². The summed E-state index contributed by atoms with van der Waals surface area (Å²) in [6, 6.07) is 6.31. The summed E-state index contributed by atoms with van der Waals surface area (Å²) in [7, 11) is 1.75. The van der Waals surface area contributed by atoms with Gasteiger partial charge in [0.25, 0.3) is 0 Å². The maximum Gasteiger partial charge on any atom is 0.132 e. The fourth-order valence-electron chi connectivity index (χ4n) is 3.46. The minimum atomic E-state index is 0.973. The average molecular weight is 296 g/mol. The van der Waals surface area contributed by atoms with E-state index in [1.165, 1.54) is 16.8 Å². The molecule has 2 aliphatic rings. The van der Waals surface area contributed by atoms with Crippen molar-refractivity contribution in [2.45, 2.75) is 19.3 Å². The first-order valence-electron chi connectivity index (χ1n) is 7.23. The van der Waals surface area contributed by atoms with Crippen LogP contribution in [0.3, 0.4) is 0 Å². The summed E-state index contributed by atoms with van der Waals surface area (Å²) in [4.78, 5) is 7.60. The van der Waals surface area contributed by atoms with Crippen LogP contribution in [0.15, 0.2) is 30.6 Å². The number of anilines is 1. The number of hydrogen-bond donors (Lipinski definition) is 0. The van der Waals surface area contributed by atoms with Gasteiger partial charge in [0.1, 0.15) is 5.75 Å². The van der Waals surface area contributed by atoms with E-state index in [1.807, 2.05) is 12.3 Å². The van der Waals surface area contributed by atoms with E-state index in [1.54, 1.807) is 13.3 Å². The number of thiocarbonyl (C=S) groups is 1. The van der Waals surface area contributed by atoms with Crippen LogP contribution in [-0.2, 0) is 12.8 Å². The Morgan fingerprint density at radius 2 is 2.19 bits per heavy atom. The molecule has 3 nitrogen and oxygen atoms in total. The normalized spacial score (nSPS) is 16.0.